The number of rotatable bonds is 7. The highest BCUT2D eigenvalue weighted by Crippen LogP contribution is 2.29. The van der Waals surface area contributed by atoms with Crippen molar-refractivity contribution >= 4 is 23.6 Å². The van der Waals surface area contributed by atoms with Crippen LogP contribution in [0.15, 0.2) is 53.1 Å². The van der Waals surface area contributed by atoms with E-state index in [2.05, 4.69) is 33.8 Å². The molecule has 31 heavy (non-hydrogen) atoms. The topological polar surface area (TPSA) is 63.4 Å². The van der Waals surface area contributed by atoms with E-state index in [9.17, 15) is 9.18 Å². The monoisotopic (exact) mass is 425 g/mol. The smallest absolute Gasteiger partial charge is 0.187 e. The fourth-order valence-corrected chi connectivity index (χ4v) is 3.17. The highest BCUT2D eigenvalue weighted by molar-refractivity contribution is 5.83. The van der Waals surface area contributed by atoms with E-state index >= 15 is 0 Å². The second kappa shape index (κ2) is 11.5. The SMILES string of the molecule is C/C=C\C.C=C(/N=C(\C)F)n1nnc(C2=CC(CN(C)C3CC3)=C(C=O)CC=C2)c1C. The molecule has 1 heterocycles. The minimum atomic E-state index is -0.589. The van der Waals surface area contributed by atoms with E-state index in [0.29, 0.717) is 23.9 Å². The van der Waals surface area contributed by atoms with E-state index in [1.807, 2.05) is 51.2 Å². The van der Waals surface area contributed by atoms with Gasteiger partial charge < -0.3 is 0 Å². The van der Waals surface area contributed by atoms with Crippen molar-refractivity contribution in [3.63, 3.8) is 0 Å². The molecule has 0 amide bonds. The van der Waals surface area contributed by atoms with Crippen molar-refractivity contribution < 1.29 is 9.18 Å². The van der Waals surface area contributed by atoms with Crippen LogP contribution in [0.3, 0.4) is 0 Å². The summed E-state index contributed by atoms with van der Waals surface area (Å²) in [5.74, 6) is -0.420. The summed E-state index contributed by atoms with van der Waals surface area (Å²) < 4.78 is 14.5. The Labute approximate surface area is 184 Å². The molecule has 0 bridgehead atoms. The minimum Gasteiger partial charge on any atom is -0.299 e. The summed E-state index contributed by atoms with van der Waals surface area (Å²) >= 11 is 0. The van der Waals surface area contributed by atoms with Gasteiger partial charge in [0.15, 0.2) is 11.8 Å². The van der Waals surface area contributed by atoms with Crippen LogP contribution in [0, 0.1) is 6.92 Å². The molecular formula is C24H32FN5O. The Morgan fingerprint density at radius 1 is 1.39 bits per heavy atom. The lowest BCUT2D eigenvalue weighted by molar-refractivity contribution is -0.105. The van der Waals surface area contributed by atoms with Crippen molar-refractivity contribution in [2.75, 3.05) is 13.6 Å². The van der Waals surface area contributed by atoms with Gasteiger partial charge in [0, 0.05) is 30.7 Å². The van der Waals surface area contributed by atoms with Gasteiger partial charge in [-0.1, -0.05) is 36.1 Å². The molecular weight excluding hydrogens is 393 g/mol. The number of aliphatic imine (C=N–C) groups is 1. The fraction of sp³-hybridized carbons (Fsp3) is 0.417. The lowest BCUT2D eigenvalue weighted by Crippen LogP contribution is -2.23. The number of carbonyl (C=O) groups excluding carboxylic acids is 1. The predicted octanol–water partition coefficient (Wildman–Crippen LogP) is 4.92. The molecule has 0 atom stereocenters. The molecule has 1 saturated carbocycles. The fourth-order valence-electron chi connectivity index (χ4n) is 3.17. The lowest BCUT2D eigenvalue weighted by Gasteiger charge is -2.17. The second-order valence-electron chi connectivity index (χ2n) is 7.65. The van der Waals surface area contributed by atoms with E-state index in [1.54, 1.807) is 0 Å². The van der Waals surface area contributed by atoms with Crippen LogP contribution < -0.4 is 0 Å². The maximum atomic E-state index is 13.1. The molecule has 3 rings (SSSR count). The highest BCUT2D eigenvalue weighted by Gasteiger charge is 2.27. The van der Waals surface area contributed by atoms with Crippen molar-refractivity contribution in [2.24, 2.45) is 4.99 Å². The zero-order valence-electron chi connectivity index (χ0n) is 19.1. The van der Waals surface area contributed by atoms with Gasteiger partial charge in [0.05, 0.1) is 5.69 Å². The van der Waals surface area contributed by atoms with Crippen molar-refractivity contribution in [1.29, 1.82) is 0 Å². The molecule has 6 nitrogen and oxygen atoms in total. The molecule has 0 aromatic carbocycles. The van der Waals surface area contributed by atoms with Crippen LogP contribution in [0.1, 0.15) is 51.4 Å². The van der Waals surface area contributed by atoms with Crippen LogP contribution in [0.4, 0.5) is 4.39 Å². The van der Waals surface area contributed by atoms with Crippen molar-refractivity contribution in [1.82, 2.24) is 19.9 Å². The minimum absolute atomic E-state index is 0.169. The van der Waals surface area contributed by atoms with Crippen LogP contribution in [-0.2, 0) is 4.79 Å². The number of halogens is 1. The number of carbonyl (C=O) groups is 1. The van der Waals surface area contributed by atoms with Crippen LogP contribution in [-0.4, -0.2) is 51.8 Å². The first-order valence-electron chi connectivity index (χ1n) is 10.5. The molecule has 1 fully saturated rings. The van der Waals surface area contributed by atoms with Crippen LogP contribution in [0.5, 0.6) is 0 Å². The number of allylic oxidation sites excluding steroid dienone is 6. The number of likely N-dealkylation sites (N-methyl/N-ethyl adjacent to an activating group) is 1. The van der Waals surface area contributed by atoms with Crippen LogP contribution >= 0.6 is 0 Å². The maximum Gasteiger partial charge on any atom is 0.187 e. The van der Waals surface area contributed by atoms with Gasteiger partial charge in [-0.05, 0) is 58.7 Å². The Kier molecular flexibility index (Phi) is 9.00. The summed E-state index contributed by atoms with van der Waals surface area (Å²) in [5.41, 5.74) is 4.01. The van der Waals surface area contributed by atoms with Crippen LogP contribution in [0.2, 0.25) is 0 Å². The lowest BCUT2D eigenvalue weighted by atomic mass is 10.0. The molecule has 0 saturated heterocycles. The van der Waals surface area contributed by atoms with Crippen molar-refractivity contribution in [2.45, 2.75) is 53.0 Å². The summed E-state index contributed by atoms with van der Waals surface area (Å²) in [6.07, 6.45) is 13.8. The van der Waals surface area contributed by atoms with Gasteiger partial charge in [0.1, 0.15) is 12.0 Å². The quantitative estimate of drug-likeness (QED) is 0.353. The molecule has 0 radical (unpaired) electrons. The number of aldehydes is 1. The summed E-state index contributed by atoms with van der Waals surface area (Å²) in [6, 6.07) is 0.603. The summed E-state index contributed by atoms with van der Waals surface area (Å²) in [4.78, 5) is 17.6. The van der Waals surface area contributed by atoms with Gasteiger partial charge in [-0.15, -0.1) is 5.10 Å². The highest BCUT2D eigenvalue weighted by atomic mass is 19.1. The molecule has 2 aliphatic rings. The third-order valence-electron chi connectivity index (χ3n) is 5.14. The number of nitrogens with zero attached hydrogens (tertiary/aromatic N) is 5. The molecule has 0 spiro atoms. The van der Waals surface area contributed by atoms with Crippen LogP contribution in [0.25, 0.3) is 11.4 Å². The van der Waals surface area contributed by atoms with Gasteiger partial charge in [-0.3, -0.25) is 9.69 Å². The Balaban J connectivity index is 0.000000785. The second-order valence-corrected chi connectivity index (χ2v) is 7.65. The zero-order chi connectivity index (χ0) is 23.0. The molecule has 7 heteroatoms. The normalized spacial score (nSPS) is 16.9. The van der Waals surface area contributed by atoms with E-state index in [1.165, 1.54) is 24.4 Å². The Hall–Kier alpha value is -2.93. The first-order valence-corrected chi connectivity index (χ1v) is 10.5. The van der Waals surface area contributed by atoms with Gasteiger partial charge in [-0.25, -0.2) is 4.99 Å². The van der Waals surface area contributed by atoms with Crippen molar-refractivity contribution in [3.05, 3.63) is 59.5 Å². The van der Waals surface area contributed by atoms with Gasteiger partial charge >= 0.3 is 0 Å². The molecule has 0 aliphatic heterocycles. The Morgan fingerprint density at radius 3 is 2.61 bits per heavy atom. The number of hydrogen-bond donors (Lipinski definition) is 0. The molecule has 0 N–H and O–H groups in total. The Morgan fingerprint density at radius 2 is 2.06 bits per heavy atom. The van der Waals surface area contributed by atoms with E-state index < -0.39 is 5.97 Å². The third-order valence-corrected chi connectivity index (χ3v) is 5.14. The molecule has 166 valence electrons. The molecule has 1 aromatic heterocycles. The average molecular weight is 426 g/mol. The van der Waals surface area contributed by atoms with E-state index in [0.717, 1.165) is 29.6 Å². The molecule has 1 aromatic rings. The van der Waals surface area contributed by atoms with Gasteiger partial charge in [0.2, 0.25) is 0 Å². The largest absolute Gasteiger partial charge is 0.299 e. The van der Waals surface area contributed by atoms with Gasteiger partial charge in [-0.2, -0.15) is 9.07 Å². The summed E-state index contributed by atoms with van der Waals surface area (Å²) in [6.45, 7) is 11.5. The van der Waals surface area contributed by atoms with E-state index in [4.69, 9.17) is 0 Å². The first-order chi connectivity index (χ1) is 14.8. The standard InChI is InChI=1S/C20H24FN5O.C4H8/c1-13-20(23-24-26(13)15(3)22-14(2)21)16-6-5-7-17(12-27)18(10-16)11-25(4)19-8-9-19;1-3-4-2/h5-6,10,12,19H,3,7-9,11H2,1-2,4H3;3-4H,1-2H3/b22-14+;4-3-. The zero-order valence-corrected chi connectivity index (χ0v) is 19.1. The van der Waals surface area contributed by atoms with Gasteiger partial charge in [0.25, 0.3) is 0 Å². The number of aromatic nitrogens is 3. The maximum absolute atomic E-state index is 13.1. The molecule has 2 aliphatic carbocycles. The third kappa shape index (κ3) is 6.79. The number of hydrogen-bond acceptors (Lipinski definition) is 5. The first kappa shape index (κ1) is 24.3. The summed E-state index contributed by atoms with van der Waals surface area (Å²) in [7, 11) is 2.09. The average Bonchev–Trinajstić information content (AvgIpc) is 3.53. The van der Waals surface area contributed by atoms with Crippen molar-refractivity contribution in [3.8, 4) is 0 Å². The Bertz CT molecular complexity index is 953. The van der Waals surface area contributed by atoms with E-state index in [-0.39, 0.29) is 5.82 Å². The molecule has 0 unspecified atom stereocenters. The summed E-state index contributed by atoms with van der Waals surface area (Å²) in [5, 5.41) is 8.30. The predicted molar refractivity (Wildman–Crippen MR) is 125 cm³/mol.